The molecule has 10 N–H and O–H groups in total. The van der Waals surface area contributed by atoms with E-state index in [-0.39, 0.29) is 50.7 Å². The van der Waals surface area contributed by atoms with E-state index in [1.54, 1.807) is 0 Å². The van der Waals surface area contributed by atoms with Crippen LogP contribution in [0.1, 0.15) is 77.0 Å². The highest BCUT2D eigenvalue weighted by Crippen LogP contribution is 2.26. The summed E-state index contributed by atoms with van der Waals surface area (Å²) < 4.78 is 0. The molecule has 2 aliphatic heterocycles. The number of carbonyl (C=O) groups is 11. The minimum absolute atomic E-state index is 0.0100. The maximum atomic E-state index is 13.3. The molecule has 2 heterocycles. The van der Waals surface area contributed by atoms with Gasteiger partial charge in [0.15, 0.2) is 0 Å². The Kier molecular flexibility index (Phi) is 21.3. The number of rotatable bonds is 28. The highest BCUT2D eigenvalue weighted by atomic mass is 32.2. The van der Waals surface area contributed by atoms with Gasteiger partial charge in [-0.05, 0) is 58.5 Å². The second kappa shape index (κ2) is 25.3. The lowest BCUT2D eigenvalue weighted by Crippen LogP contribution is -2.58. The number of aliphatic carboxylic acids is 3. The zero-order valence-electron chi connectivity index (χ0n) is 32.3. The van der Waals surface area contributed by atoms with Gasteiger partial charge in [-0.25, -0.2) is 4.79 Å². The molecule has 0 bridgehead atoms. The Morgan fingerprint density at radius 1 is 0.845 bits per heavy atom. The lowest BCUT2D eigenvalue weighted by molar-refractivity contribution is -0.143. The van der Waals surface area contributed by atoms with Gasteiger partial charge in [0.1, 0.15) is 24.4 Å². The number of likely N-dealkylation sites (N-methyl/N-ethyl adjacent to an activating group) is 1. The predicted molar refractivity (Wildman–Crippen MR) is 204 cm³/mol. The summed E-state index contributed by atoms with van der Waals surface area (Å²) in [6.45, 7) is 0.532. The van der Waals surface area contributed by atoms with Gasteiger partial charge >= 0.3 is 17.9 Å². The van der Waals surface area contributed by atoms with E-state index in [1.807, 2.05) is 0 Å². The van der Waals surface area contributed by atoms with Crippen molar-refractivity contribution < 1.29 is 68.1 Å². The van der Waals surface area contributed by atoms with Crippen molar-refractivity contribution in [2.75, 3.05) is 39.0 Å². The number of hydrogen-bond donors (Lipinski definition) is 9. The molecule has 22 nitrogen and oxygen atoms in total. The van der Waals surface area contributed by atoms with Gasteiger partial charge in [0.2, 0.25) is 41.4 Å². The van der Waals surface area contributed by atoms with Crippen LogP contribution < -0.4 is 32.3 Å². The second-order valence-corrected chi connectivity index (χ2v) is 15.0. The Bertz CT molecular complexity index is 1530. The van der Waals surface area contributed by atoms with Gasteiger partial charge in [-0.3, -0.25) is 48.1 Å². The molecule has 1 unspecified atom stereocenters. The zero-order valence-corrected chi connectivity index (χ0v) is 33.1. The van der Waals surface area contributed by atoms with Crippen LogP contribution >= 0.6 is 11.8 Å². The number of unbranched alkanes of at least 4 members (excludes halogenated alkanes) is 3. The number of likely N-dealkylation sites (tertiary alicyclic amines) is 2. The Morgan fingerprint density at radius 3 is 2.09 bits per heavy atom. The van der Waals surface area contributed by atoms with Crippen LogP contribution in [0.4, 0.5) is 0 Å². The van der Waals surface area contributed by atoms with Gasteiger partial charge < -0.3 is 57.3 Å². The average Bonchev–Trinajstić information content (AvgIpc) is 3.76. The first-order chi connectivity index (χ1) is 27.5. The molecule has 0 radical (unpaired) electrons. The summed E-state index contributed by atoms with van der Waals surface area (Å²) in [6.07, 6.45) is 2.29. The van der Waals surface area contributed by atoms with Crippen LogP contribution in [0.2, 0.25) is 0 Å². The first-order valence-corrected chi connectivity index (χ1v) is 20.0. The molecule has 324 valence electrons. The Balaban J connectivity index is 1.91. The van der Waals surface area contributed by atoms with Crippen LogP contribution in [-0.2, 0) is 52.7 Å². The monoisotopic (exact) mass is 842 g/mol. The number of nitrogens with zero attached hydrogens (tertiary/aromatic N) is 2. The minimum atomic E-state index is -1.81. The quantitative estimate of drug-likeness (QED) is 0.0214. The lowest BCUT2D eigenvalue weighted by Gasteiger charge is -2.25. The molecule has 0 aliphatic carbocycles. The number of nitrogens with two attached hydrogens (primary N) is 1. The van der Waals surface area contributed by atoms with Crippen molar-refractivity contribution in [3.05, 3.63) is 0 Å². The zero-order chi connectivity index (χ0) is 43.4. The third-order valence-corrected chi connectivity index (χ3v) is 10.7. The van der Waals surface area contributed by atoms with Crippen LogP contribution in [0.3, 0.4) is 0 Å². The number of amides is 7. The Labute approximate surface area is 338 Å². The largest absolute Gasteiger partial charge is 0.481 e. The molecule has 0 saturated carbocycles. The second-order valence-electron chi connectivity index (χ2n) is 13.8. The van der Waals surface area contributed by atoms with Gasteiger partial charge in [0, 0.05) is 31.7 Å². The van der Waals surface area contributed by atoms with Crippen LogP contribution in [0.5, 0.6) is 0 Å². The van der Waals surface area contributed by atoms with Gasteiger partial charge in [0.25, 0.3) is 0 Å². The summed E-state index contributed by atoms with van der Waals surface area (Å²) in [5.41, 5.74) is 5.52. The molecule has 58 heavy (non-hydrogen) atoms. The maximum absolute atomic E-state index is 13.3. The average molecular weight is 843 g/mol. The summed E-state index contributed by atoms with van der Waals surface area (Å²) in [4.78, 5) is 138. The Hall–Kier alpha value is -5.16. The highest BCUT2D eigenvalue weighted by Gasteiger charge is 2.40. The third-order valence-electron chi connectivity index (χ3n) is 9.42. The number of nitrogens with one attached hydrogen (secondary N) is 5. The fourth-order valence-corrected chi connectivity index (χ4v) is 7.39. The standard InChI is InChI=1S/C35H54N8O14S/c1-37-22(14-29(48)49)32(53)39-21(9-4-5-11-36)31(52)40-23(15-30(50)51)33(54)41-24(35(56)57)19-58-25-16-27(46)43(34(25)55)12-6-2-3-10-26(45)38-17-28(47)42-13-7-8-20(42)18-44/h18,20-25,37H,2-17,19,36H2,1H3,(H,38,45)(H,39,53)(H,40,52)(H,41,54)(H,48,49)(H,50,51)(H,56,57)/t20-,21-,22-,23-,24-,25?/m0/s1. The first-order valence-electron chi connectivity index (χ1n) is 18.9. The third kappa shape index (κ3) is 16.4. The summed E-state index contributed by atoms with van der Waals surface area (Å²) in [7, 11) is 1.34. The molecular formula is C35H54N8O14S. The van der Waals surface area contributed by atoms with Crippen molar-refractivity contribution in [3.63, 3.8) is 0 Å². The molecule has 23 heteroatoms. The van der Waals surface area contributed by atoms with Crippen LogP contribution in [0.15, 0.2) is 0 Å². The van der Waals surface area contributed by atoms with Gasteiger partial charge in [-0.2, -0.15) is 0 Å². The van der Waals surface area contributed by atoms with Crippen molar-refractivity contribution in [1.29, 1.82) is 0 Å². The number of carbonyl (C=O) groups excluding carboxylic acids is 8. The topological polar surface area (TPSA) is 341 Å². The van der Waals surface area contributed by atoms with Crippen LogP contribution in [0, 0.1) is 0 Å². The molecule has 2 fully saturated rings. The van der Waals surface area contributed by atoms with E-state index in [9.17, 15) is 63.0 Å². The van der Waals surface area contributed by atoms with Gasteiger partial charge in [0.05, 0.1) is 36.7 Å². The Morgan fingerprint density at radius 2 is 1.47 bits per heavy atom. The van der Waals surface area contributed by atoms with Crippen LogP contribution in [-0.4, -0.2) is 165 Å². The van der Waals surface area contributed by atoms with Crippen molar-refractivity contribution in [3.8, 4) is 0 Å². The van der Waals surface area contributed by atoms with Crippen molar-refractivity contribution in [2.45, 2.75) is 113 Å². The normalized spacial score (nSPS) is 18.4. The number of imide groups is 1. The maximum Gasteiger partial charge on any atom is 0.327 e. The van der Waals surface area contributed by atoms with E-state index in [0.717, 1.165) is 16.7 Å². The van der Waals surface area contributed by atoms with Crippen molar-refractivity contribution in [1.82, 2.24) is 36.4 Å². The van der Waals surface area contributed by atoms with E-state index >= 15 is 0 Å². The molecular weight excluding hydrogens is 788 g/mol. The SMILES string of the molecule is CN[C@@H](CC(=O)O)C(=O)N[C@@H](CCCCN)C(=O)N[C@@H](CC(=O)O)C(=O)N[C@@H](CSC1CC(=O)N(CCCCCC(=O)NCC(=O)N2CCC[C@H]2C=O)C1=O)C(=O)O. The molecule has 0 spiro atoms. The lowest BCUT2D eigenvalue weighted by atomic mass is 10.1. The van der Waals surface area contributed by atoms with Crippen molar-refractivity contribution in [2.24, 2.45) is 5.73 Å². The summed E-state index contributed by atoms with van der Waals surface area (Å²) in [5, 5.41) is 39.3. The smallest absolute Gasteiger partial charge is 0.327 e. The fraction of sp³-hybridized carbons (Fsp3) is 0.686. The number of carboxylic acids is 3. The predicted octanol–water partition coefficient (Wildman–Crippen LogP) is -3.08. The molecule has 6 atom stereocenters. The number of thioether (sulfide) groups is 1. The van der Waals surface area contributed by atoms with E-state index < -0.39 is 101 Å². The van der Waals surface area contributed by atoms with E-state index in [1.165, 1.54) is 11.9 Å². The van der Waals surface area contributed by atoms with E-state index in [0.29, 0.717) is 57.8 Å². The van der Waals surface area contributed by atoms with Crippen molar-refractivity contribution >= 4 is 77.3 Å². The molecule has 0 aromatic carbocycles. The number of hydrogen-bond acceptors (Lipinski definition) is 14. The van der Waals surface area contributed by atoms with Gasteiger partial charge in [-0.15, -0.1) is 11.8 Å². The van der Waals surface area contributed by atoms with E-state index in [2.05, 4.69) is 26.6 Å². The minimum Gasteiger partial charge on any atom is -0.481 e. The molecule has 7 amide bonds. The number of aldehydes is 1. The number of carboxylic acid groups (broad SMARTS) is 3. The molecule has 2 saturated heterocycles. The molecule has 2 aliphatic rings. The fourth-order valence-electron chi connectivity index (χ4n) is 6.21. The molecule has 2 rings (SSSR count). The summed E-state index contributed by atoms with van der Waals surface area (Å²) in [5.74, 6) is -9.58. The molecule has 0 aromatic heterocycles. The van der Waals surface area contributed by atoms with Crippen LogP contribution in [0.25, 0.3) is 0 Å². The summed E-state index contributed by atoms with van der Waals surface area (Å²) >= 11 is 0.795. The molecule has 0 aromatic rings. The first kappa shape index (κ1) is 49.0. The van der Waals surface area contributed by atoms with E-state index in [4.69, 9.17) is 10.8 Å². The van der Waals surface area contributed by atoms with Gasteiger partial charge in [-0.1, -0.05) is 6.42 Å². The highest BCUT2D eigenvalue weighted by molar-refractivity contribution is 8.00. The summed E-state index contributed by atoms with van der Waals surface area (Å²) in [6, 6.07) is -6.53.